The third-order valence-corrected chi connectivity index (χ3v) is 5.09. The first-order valence-corrected chi connectivity index (χ1v) is 9.02. The van der Waals surface area contributed by atoms with Crippen molar-refractivity contribution >= 4 is 33.9 Å². The van der Waals surface area contributed by atoms with Crippen LogP contribution < -0.4 is 0 Å². The van der Waals surface area contributed by atoms with Crippen LogP contribution in [0.15, 0.2) is 53.6 Å². The van der Waals surface area contributed by atoms with Crippen molar-refractivity contribution in [1.29, 1.82) is 0 Å². The first-order chi connectivity index (χ1) is 12.7. The zero-order chi connectivity index (χ0) is 19.3. The van der Waals surface area contributed by atoms with Crippen LogP contribution in [-0.4, -0.2) is 32.7 Å². The topological polar surface area (TPSA) is 26.0 Å². The van der Waals surface area contributed by atoms with Crippen molar-refractivity contribution in [3.05, 3.63) is 54.2 Å². The molecule has 0 aliphatic carbocycles. The lowest BCUT2D eigenvalue weighted by Gasteiger charge is -2.11. The van der Waals surface area contributed by atoms with Crippen molar-refractivity contribution in [2.75, 3.05) is 14.1 Å². The number of alkyl halides is 3. The van der Waals surface area contributed by atoms with Gasteiger partial charge in [0.1, 0.15) is 5.52 Å². The number of benzene rings is 2. The van der Waals surface area contributed by atoms with E-state index in [1.54, 1.807) is 16.6 Å². The number of hydrogen-bond acceptors (Lipinski definition) is 3. The molecule has 8 heteroatoms. The molecule has 0 N–H and O–H groups in total. The molecule has 0 spiro atoms. The van der Waals surface area contributed by atoms with Gasteiger partial charge < -0.3 is 4.57 Å². The fraction of sp³-hybridized carbons (Fsp3) is 0.211. The lowest BCUT2D eigenvalue weighted by atomic mass is 10.2. The second-order valence-electron chi connectivity index (χ2n) is 6.50. The molecule has 0 bridgehead atoms. The van der Waals surface area contributed by atoms with Crippen molar-refractivity contribution in [3.63, 3.8) is 0 Å². The zero-order valence-corrected chi connectivity index (χ0v) is 15.8. The van der Waals surface area contributed by atoms with Crippen LogP contribution in [0, 0.1) is 0 Å². The molecule has 0 radical (unpaired) electrons. The average Bonchev–Trinajstić information content (AvgIpc) is 3.08. The lowest BCUT2D eigenvalue weighted by molar-refractivity contribution is -0.137. The fourth-order valence-corrected chi connectivity index (χ4v) is 3.93. The summed E-state index contributed by atoms with van der Waals surface area (Å²) in [6, 6.07) is 11.3. The number of nitrogens with zero attached hydrogens (tertiary/aromatic N) is 4. The van der Waals surface area contributed by atoms with Gasteiger partial charge in [0, 0.05) is 29.2 Å². The standard InChI is InChI=1S/C19H17F3N4S/c1-24(2)27-14-8-9-16-15(10-14)18-17(11-25(3)23-18)26(16)13-6-4-12(5-7-13)19(20,21)22/h4-11H,1-3H3. The minimum atomic E-state index is -4.35. The second-order valence-corrected chi connectivity index (χ2v) is 7.88. The van der Waals surface area contributed by atoms with Gasteiger partial charge in [0.15, 0.2) is 0 Å². The average molecular weight is 390 g/mol. The number of rotatable bonds is 3. The van der Waals surface area contributed by atoms with Gasteiger partial charge in [0.2, 0.25) is 0 Å². The molecule has 0 fully saturated rings. The van der Waals surface area contributed by atoms with E-state index < -0.39 is 11.7 Å². The fourth-order valence-electron chi connectivity index (χ4n) is 3.21. The maximum absolute atomic E-state index is 12.9. The zero-order valence-electron chi connectivity index (χ0n) is 14.9. The van der Waals surface area contributed by atoms with E-state index in [0.29, 0.717) is 5.69 Å². The number of halogens is 3. The monoisotopic (exact) mass is 390 g/mol. The number of fused-ring (bicyclic) bond motifs is 3. The highest BCUT2D eigenvalue weighted by Gasteiger charge is 2.30. The largest absolute Gasteiger partial charge is 0.416 e. The molecule has 0 aliphatic heterocycles. The summed E-state index contributed by atoms with van der Waals surface area (Å²) < 4.78 is 44.3. The molecule has 2 aromatic carbocycles. The van der Waals surface area contributed by atoms with Crippen LogP contribution in [0.25, 0.3) is 27.6 Å². The summed E-state index contributed by atoms with van der Waals surface area (Å²) in [6.45, 7) is 0. The van der Waals surface area contributed by atoms with Crippen molar-refractivity contribution in [2.45, 2.75) is 11.1 Å². The molecule has 0 saturated carbocycles. The normalized spacial score (nSPS) is 12.6. The highest BCUT2D eigenvalue weighted by molar-refractivity contribution is 7.97. The van der Waals surface area contributed by atoms with Crippen LogP contribution in [-0.2, 0) is 13.2 Å². The second kappa shape index (κ2) is 6.31. The third-order valence-electron chi connectivity index (χ3n) is 4.26. The van der Waals surface area contributed by atoms with Crippen LogP contribution in [0.3, 0.4) is 0 Å². The molecular formula is C19H17F3N4S. The maximum atomic E-state index is 12.9. The third kappa shape index (κ3) is 3.19. The Labute approximate surface area is 158 Å². The summed E-state index contributed by atoms with van der Waals surface area (Å²) in [6.07, 6.45) is -2.47. The smallest absolute Gasteiger partial charge is 0.306 e. The Hall–Kier alpha value is -2.45. The van der Waals surface area contributed by atoms with E-state index in [4.69, 9.17) is 0 Å². The summed E-state index contributed by atoms with van der Waals surface area (Å²) in [5.74, 6) is 0. The van der Waals surface area contributed by atoms with E-state index in [9.17, 15) is 13.2 Å². The summed E-state index contributed by atoms with van der Waals surface area (Å²) in [4.78, 5) is 1.07. The minimum Gasteiger partial charge on any atom is -0.306 e. The van der Waals surface area contributed by atoms with E-state index in [1.807, 2.05) is 48.3 Å². The Kier molecular flexibility index (Phi) is 4.20. The maximum Gasteiger partial charge on any atom is 0.416 e. The van der Waals surface area contributed by atoms with Crippen LogP contribution in [0.5, 0.6) is 0 Å². The Bertz CT molecular complexity index is 1120. The van der Waals surface area contributed by atoms with E-state index >= 15 is 0 Å². The molecule has 4 nitrogen and oxygen atoms in total. The van der Waals surface area contributed by atoms with Crippen molar-refractivity contribution in [3.8, 4) is 5.69 Å². The molecule has 140 valence electrons. The van der Waals surface area contributed by atoms with Gasteiger partial charge in [-0.15, -0.1) is 0 Å². The molecule has 2 heterocycles. The van der Waals surface area contributed by atoms with Gasteiger partial charge in [0.25, 0.3) is 0 Å². The van der Waals surface area contributed by atoms with Gasteiger partial charge in [-0.05, 0) is 68.5 Å². The quantitative estimate of drug-likeness (QED) is 0.455. The van der Waals surface area contributed by atoms with Crippen LogP contribution in [0.1, 0.15) is 5.56 Å². The van der Waals surface area contributed by atoms with Crippen LogP contribution in [0.4, 0.5) is 13.2 Å². The van der Waals surface area contributed by atoms with Crippen molar-refractivity contribution in [1.82, 2.24) is 18.7 Å². The molecule has 0 unspecified atom stereocenters. The molecule has 27 heavy (non-hydrogen) atoms. The molecule has 4 aromatic rings. The molecule has 2 aromatic heterocycles. The molecule has 0 atom stereocenters. The van der Waals surface area contributed by atoms with E-state index in [2.05, 4.69) is 11.2 Å². The molecular weight excluding hydrogens is 373 g/mol. The Morgan fingerprint density at radius 2 is 1.70 bits per heavy atom. The molecule has 0 saturated heterocycles. The van der Waals surface area contributed by atoms with Gasteiger partial charge in [-0.1, -0.05) is 0 Å². The number of aromatic nitrogens is 3. The lowest BCUT2D eigenvalue weighted by Crippen LogP contribution is -2.05. The SMILES string of the molecule is CN(C)Sc1ccc2c(c1)c1nn(C)cc1n2-c1ccc(C(F)(F)F)cc1. The highest BCUT2D eigenvalue weighted by Crippen LogP contribution is 2.35. The summed E-state index contributed by atoms with van der Waals surface area (Å²) in [7, 11) is 5.78. The summed E-state index contributed by atoms with van der Waals surface area (Å²) >= 11 is 1.60. The minimum absolute atomic E-state index is 0.658. The van der Waals surface area contributed by atoms with Crippen molar-refractivity contribution in [2.24, 2.45) is 7.05 Å². The van der Waals surface area contributed by atoms with Crippen LogP contribution in [0.2, 0.25) is 0 Å². The van der Waals surface area contributed by atoms with Gasteiger partial charge in [-0.2, -0.15) is 18.3 Å². The van der Waals surface area contributed by atoms with E-state index in [1.165, 1.54) is 12.1 Å². The number of hydrogen-bond donors (Lipinski definition) is 0. The van der Waals surface area contributed by atoms with Crippen LogP contribution >= 0.6 is 11.9 Å². The predicted molar refractivity (Wildman–Crippen MR) is 102 cm³/mol. The Morgan fingerprint density at radius 1 is 1.00 bits per heavy atom. The highest BCUT2D eigenvalue weighted by atomic mass is 32.2. The number of aryl methyl sites for hydroxylation is 1. The first-order valence-electron chi connectivity index (χ1n) is 8.25. The van der Waals surface area contributed by atoms with Crippen molar-refractivity contribution < 1.29 is 13.2 Å². The van der Waals surface area contributed by atoms with E-state index in [-0.39, 0.29) is 0 Å². The Morgan fingerprint density at radius 3 is 2.33 bits per heavy atom. The van der Waals surface area contributed by atoms with E-state index in [0.717, 1.165) is 39.0 Å². The predicted octanol–water partition coefficient (Wildman–Crippen LogP) is 5.10. The van der Waals surface area contributed by atoms with Gasteiger partial charge >= 0.3 is 6.18 Å². The Balaban J connectivity index is 1.93. The molecule has 0 aliphatic rings. The van der Waals surface area contributed by atoms with Gasteiger partial charge in [0.05, 0.1) is 16.6 Å². The summed E-state index contributed by atoms with van der Waals surface area (Å²) in [5, 5.41) is 5.53. The van der Waals surface area contributed by atoms with Gasteiger partial charge in [-0.25, -0.2) is 0 Å². The summed E-state index contributed by atoms with van der Waals surface area (Å²) in [5.41, 5.74) is 2.61. The first kappa shape index (κ1) is 17.9. The molecule has 0 amide bonds. The van der Waals surface area contributed by atoms with Gasteiger partial charge in [-0.3, -0.25) is 8.99 Å². The molecule has 4 rings (SSSR count).